The highest BCUT2D eigenvalue weighted by atomic mass is 19.1. The van der Waals surface area contributed by atoms with E-state index in [1.54, 1.807) is 24.4 Å². The Kier molecular flexibility index (Phi) is 6.33. The standard InChI is InChI=1S/C20H22FN3O2/c21-17-4-7-19(8-5-17)24-13-11-23(12-14-24)15-16-26-20(25)9-6-18-3-1-2-10-22-18/h1-10H,11-16H2/b9-6+. The van der Waals surface area contributed by atoms with Crippen LogP contribution in [0.2, 0.25) is 0 Å². The monoisotopic (exact) mass is 355 g/mol. The number of rotatable bonds is 6. The number of halogens is 1. The quantitative estimate of drug-likeness (QED) is 0.589. The maximum atomic E-state index is 13.0. The van der Waals surface area contributed by atoms with Crippen LogP contribution < -0.4 is 4.90 Å². The topological polar surface area (TPSA) is 45.7 Å². The second-order valence-corrected chi connectivity index (χ2v) is 6.06. The van der Waals surface area contributed by atoms with Crippen LogP contribution in [0.3, 0.4) is 0 Å². The van der Waals surface area contributed by atoms with Gasteiger partial charge in [-0.05, 0) is 42.5 Å². The lowest BCUT2D eigenvalue weighted by Gasteiger charge is -2.35. The van der Waals surface area contributed by atoms with Crippen molar-refractivity contribution in [2.75, 3.05) is 44.2 Å². The first-order valence-electron chi connectivity index (χ1n) is 8.69. The predicted molar refractivity (Wildman–Crippen MR) is 99.3 cm³/mol. The van der Waals surface area contributed by atoms with E-state index in [2.05, 4.69) is 14.8 Å². The van der Waals surface area contributed by atoms with Crippen LogP contribution in [0.1, 0.15) is 5.69 Å². The highest BCUT2D eigenvalue weighted by Gasteiger charge is 2.17. The molecule has 3 rings (SSSR count). The summed E-state index contributed by atoms with van der Waals surface area (Å²) in [6, 6.07) is 12.1. The van der Waals surface area contributed by atoms with E-state index in [1.165, 1.54) is 18.2 Å². The summed E-state index contributed by atoms with van der Waals surface area (Å²) in [6.45, 7) is 4.60. The van der Waals surface area contributed by atoms with Gasteiger partial charge < -0.3 is 9.64 Å². The summed E-state index contributed by atoms with van der Waals surface area (Å²) in [6.07, 6.45) is 4.72. The molecule has 0 unspecified atom stereocenters. The SMILES string of the molecule is O=C(/C=C/c1ccccn1)OCCN1CCN(c2ccc(F)cc2)CC1. The zero-order chi connectivity index (χ0) is 18.2. The number of nitrogens with zero attached hydrogens (tertiary/aromatic N) is 3. The lowest BCUT2D eigenvalue weighted by molar-refractivity contribution is -0.138. The third-order valence-corrected chi connectivity index (χ3v) is 4.29. The smallest absolute Gasteiger partial charge is 0.330 e. The third-order valence-electron chi connectivity index (χ3n) is 4.29. The first-order chi connectivity index (χ1) is 12.7. The summed E-state index contributed by atoms with van der Waals surface area (Å²) >= 11 is 0. The third kappa shape index (κ3) is 5.39. The van der Waals surface area contributed by atoms with E-state index in [1.807, 2.05) is 18.2 Å². The fraction of sp³-hybridized carbons (Fsp3) is 0.300. The maximum absolute atomic E-state index is 13.0. The number of pyridine rings is 1. The molecule has 0 radical (unpaired) electrons. The van der Waals surface area contributed by atoms with Gasteiger partial charge in [0.15, 0.2) is 0 Å². The Morgan fingerprint density at radius 3 is 2.58 bits per heavy atom. The Hall–Kier alpha value is -2.73. The lowest BCUT2D eigenvalue weighted by Crippen LogP contribution is -2.47. The zero-order valence-corrected chi connectivity index (χ0v) is 14.6. The van der Waals surface area contributed by atoms with E-state index in [4.69, 9.17) is 4.74 Å². The van der Waals surface area contributed by atoms with Crippen LogP contribution in [0.5, 0.6) is 0 Å². The van der Waals surface area contributed by atoms with Crippen molar-refractivity contribution < 1.29 is 13.9 Å². The van der Waals surface area contributed by atoms with Crippen LogP contribution in [0.4, 0.5) is 10.1 Å². The van der Waals surface area contributed by atoms with Crippen LogP contribution >= 0.6 is 0 Å². The number of piperazine rings is 1. The number of carbonyl (C=O) groups excluding carboxylic acids is 1. The van der Waals surface area contributed by atoms with Gasteiger partial charge in [0.05, 0.1) is 5.69 Å². The molecule has 1 aromatic heterocycles. The Bertz CT molecular complexity index is 726. The van der Waals surface area contributed by atoms with Gasteiger partial charge in [0, 0.05) is 50.7 Å². The van der Waals surface area contributed by atoms with Crippen LogP contribution in [0.25, 0.3) is 6.08 Å². The summed E-state index contributed by atoms with van der Waals surface area (Å²) in [7, 11) is 0. The minimum atomic E-state index is -0.361. The van der Waals surface area contributed by atoms with E-state index in [0.717, 1.165) is 37.6 Å². The lowest BCUT2D eigenvalue weighted by atomic mass is 10.2. The fourth-order valence-electron chi connectivity index (χ4n) is 2.83. The molecule has 2 aromatic rings. The summed E-state index contributed by atoms with van der Waals surface area (Å²) < 4.78 is 18.2. The van der Waals surface area contributed by atoms with Crippen LogP contribution in [0, 0.1) is 5.82 Å². The van der Waals surface area contributed by atoms with Gasteiger partial charge in [-0.25, -0.2) is 9.18 Å². The summed E-state index contributed by atoms with van der Waals surface area (Å²) in [5.41, 5.74) is 1.76. The first-order valence-corrected chi connectivity index (χ1v) is 8.69. The van der Waals surface area contributed by atoms with Gasteiger partial charge in [-0.1, -0.05) is 6.07 Å². The molecule has 1 saturated heterocycles. The largest absolute Gasteiger partial charge is 0.461 e. The van der Waals surface area contributed by atoms with Crippen molar-refractivity contribution in [2.45, 2.75) is 0 Å². The van der Waals surface area contributed by atoms with E-state index < -0.39 is 0 Å². The van der Waals surface area contributed by atoms with Crippen LogP contribution in [-0.2, 0) is 9.53 Å². The van der Waals surface area contributed by atoms with Gasteiger partial charge in [-0.15, -0.1) is 0 Å². The molecular formula is C20H22FN3O2. The molecule has 0 atom stereocenters. The van der Waals surface area contributed by atoms with Crippen molar-refractivity contribution in [2.24, 2.45) is 0 Å². The van der Waals surface area contributed by atoms with E-state index in [9.17, 15) is 9.18 Å². The second-order valence-electron chi connectivity index (χ2n) is 6.06. The van der Waals surface area contributed by atoms with Crippen molar-refractivity contribution in [1.29, 1.82) is 0 Å². The molecule has 26 heavy (non-hydrogen) atoms. The molecule has 1 aromatic carbocycles. The van der Waals surface area contributed by atoms with Gasteiger partial charge in [0.1, 0.15) is 12.4 Å². The number of aromatic nitrogens is 1. The van der Waals surface area contributed by atoms with Crippen molar-refractivity contribution in [3.63, 3.8) is 0 Å². The number of anilines is 1. The number of benzene rings is 1. The molecule has 5 nitrogen and oxygen atoms in total. The Balaban J connectivity index is 1.35. The highest BCUT2D eigenvalue weighted by molar-refractivity contribution is 5.86. The fourth-order valence-corrected chi connectivity index (χ4v) is 2.83. The molecule has 2 heterocycles. The molecular weight excluding hydrogens is 333 g/mol. The molecule has 0 spiro atoms. The normalized spacial score (nSPS) is 15.3. The number of hydrogen-bond donors (Lipinski definition) is 0. The van der Waals surface area contributed by atoms with Gasteiger partial charge in [0.2, 0.25) is 0 Å². The predicted octanol–water partition coefficient (Wildman–Crippen LogP) is 2.60. The molecule has 136 valence electrons. The summed E-state index contributed by atoms with van der Waals surface area (Å²) in [5, 5.41) is 0. The van der Waals surface area contributed by atoms with Crippen molar-refractivity contribution in [3.8, 4) is 0 Å². The molecule has 0 bridgehead atoms. The van der Waals surface area contributed by atoms with E-state index in [-0.39, 0.29) is 11.8 Å². The number of hydrogen-bond acceptors (Lipinski definition) is 5. The first kappa shape index (κ1) is 18.1. The average molecular weight is 355 g/mol. The van der Waals surface area contributed by atoms with Crippen LogP contribution in [0.15, 0.2) is 54.7 Å². The van der Waals surface area contributed by atoms with Gasteiger partial charge in [0.25, 0.3) is 0 Å². The molecule has 1 fully saturated rings. The molecule has 6 heteroatoms. The number of carbonyl (C=O) groups is 1. The Morgan fingerprint density at radius 1 is 1.12 bits per heavy atom. The molecule has 0 amide bonds. The molecule has 0 saturated carbocycles. The van der Waals surface area contributed by atoms with Gasteiger partial charge >= 0.3 is 5.97 Å². The summed E-state index contributed by atoms with van der Waals surface area (Å²) in [4.78, 5) is 20.3. The number of ether oxygens (including phenoxy) is 1. The van der Waals surface area contributed by atoms with Crippen molar-refractivity contribution in [1.82, 2.24) is 9.88 Å². The van der Waals surface area contributed by atoms with Gasteiger partial charge in [-0.3, -0.25) is 9.88 Å². The average Bonchev–Trinajstić information content (AvgIpc) is 2.68. The Morgan fingerprint density at radius 2 is 1.88 bits per heavy atom. The van der Waals surface area contributed by atoms with E-state index >= 15 is 0 Å². The second kappa shape index (κ2) is 9.10. The molecule has 0 aliphatic carbocycles. The highest BCUT2D eigenvalue weighted by Crippen LogP contribution is 2.16. The van der Waals surface area contributed by atoms with Crippen LogP contribution in [-0.4, -0.2) is 55.2 Å². The summed E-state index contributed by atoms with van der Waals surface area (Å²) in [5.74, 6) is -0.577. The zero-order valence-electron chi connectivity index (χ0n) is 14.6. The Labute approximate surface area is 152 Å². The minimum absolute atomic E-state index is 0.216. The minimum Gasteiger partial charge on any atom is -0.461 e. The maximum Gasteiger partial charge on any atom is 0.330 e. The number of esters is 1. The molecule has 1 aliphatic heterocycles. The van der Waals surface area contributed by atoms with Crippen molar-refractivity contribution >= 4 is 17.7 Å². The molecule has 0 N–H and O–H groups in total. The van der Waals surface area contributed by atoms with Crippen molar-refractivity contribution in [3.05, 3.63) is 66.2 Å². The molecule has 1 aliphatic rings. The van der Waals surface area contributed by atoms with Gasteiger partial charge in [-0.2, -0.15) is 0 Å². The van der Waals surface area contributed by atoms with E-state index in [0.29, 0.717) is 13.2 Å².